The van der Waals surface area contributed by atoms with Gasteiger partial charge < -0.3 is 4.74 Å². The topological polar surface area (TPSA) is 27.1 Å². The Morgan fingerprint density at radius 3 is 2.55 bits per heavy atom. The van der Waals surface area contributed by atoms with E-state index < -0.39 is 0 Å². The molecule has 0 aliphatic rings. The minimum Gasteiger partial charge on any atom is -0.487 e. The zero-order chi connectivity index (χ0) is 14.7. The van der Waals surface area contributed by atoms with E-state index in [1.165, 1.54) is 11.1 Å². The number of aryl methyl sites for hydroxylation is 2. The molecule has 0 spiro atoms. The zero-order valence-electron chi connectivity index (χ0n) is 12.5. The fourth-order valence-corrected chi connectivity index (χ4v) is 2.26. The molecule has 0 aliphatic heterocycles. The molecule has 1 unspecified atom stereocenters. The van der Waals surface area contributed by atoms with Crippen LogP contribution in [0, 0.1) is 13.8 Å². The van der Waals surface area contributed by atoms with Crippen LogP contribution >= 0.6 is 15.9 Å². The molecule has 1 heterocycles. The van der Waals surface area contributed by atoms with Crippen LogP contribution in [0.1, 0.15) is 43.1 Å². The van der Waals surface area contributed by atoms with Crippen LogP contribution in [0.4, 0.5) is 0 Å². The highest BCUT2D eigenvalue weighted by Gasteiger charge is 2.07. The Bertz CT molecular complexity index is 569. The number of rotatable bonds is 5. The summed E-state index contributed by atoms with van der Waals surface area (Å²) in [6.07, 6.45) is 3.10. The molecule has 1 aromatic carbocycles. The number of nitrogens with zero attached hydrogens (tertiary/aromatic N) is 2. The first-order valence-corrected chi connectivity index (χ1v) is 7.74. The number of aromatic nitrogens is 2. The Morgan fingerprint density at radius 2 is 1.95 bits per heavy atom. The highest BCUT2D eigenvalue weighted by molar-refractivity contribution is 9.10. The highest BCUT2D eigenvalue weighted by Crippen LogP contribution is 2.26. The van der Waals surface area contributed by atoms with E-state index in [0.717, 1.165) is 22.3 Å². The van der Waals surface area contributed by atoms with Gasteiger partial charge in [-0.25, -0.2) is 0 Å². The molecule has 20 heavy (non-hydrogen) atoms. The Kier molecular flexibility index (Phi) is 4.86. The molecule has 0 bridgehead atoms. The van der Waals surface area contributed by atoms with Crippen molar-refractivity contribution in [2.45, 2.75) is 46.8 Å². The fraction of sp³-hybridized carbons (Fsp3) is 0.438. The lowest BCUT2D eigenvalue weighted by Crippen LogP contribution is -2.05. The maximum Gasteiger partial charge on any atom is 0.132 e. The molecular formula is C16H21BrN2O. The van der Waals surface area contributed by atoms with Crippen molar-refractivity contribution in [3.8, 4) is 5.75 Å². The third-order valence-electron chi connectivity index (χ3n) is 3.50. The minimum atomic E-state index is 0.431. The van der Waals surface area contributed by atoms with E-state index in [1.807, 2.05) is 29.1 Å². The molecule has 0 saturated heterocycles. The van der Waals surface area contributed by atoms with Crippen molar-refractivity contribution in [3.05, 3.63) is 45.7 Å². The van der Waals surface area contributed by atoms with Gasteiger partial charge in [0.25, 0.3) is 0 Å². The fourth-order valence-electron chi connectivity index (χ4n) is 2.03. The van der Waals surface area contributed by atoms with Gasteiger partial charge >= 0.3 is 0 Å². The van der Waals surface area contributed by atoms with Gasteiger partial charge in [-0.1, -0.05) is 22.9 Å². The summed E-state index contributed by atoms with van der Waals surface area (Å²) in [5, 5.41) is 4.54. The summed E-state index contributed by atoms with van der Waals surface area (Å²) in [5.41, 5.74) is 3.33. The molecule has 0 N–H and O–H groups in total. The third-order valence-corrected chi connectivity index (χ3v) is 4.75. The van der Waals surface area contributed by atoms with Crippen LogP contribution in [-0.4, -0.2) is 9.78 Å². The standard InChI is InChI=1S/C16H21BrN2O/c1-5-13(4)19-7-6-14(18-19)10-20-15-8-11(2)16(17)12(3)9-15/h6-9,13H,5,10H2,1-4H3. The highest BCUT2D eigenvalue weighted by atomic mass is 79.9. The van der Waals surface area contributed by atoms with Crippen molar-refractivity contribution in [2.75, 3.05) is 0 Å². The SMILES string of the molecule is CCC(C)n1ccc(COc2cc(C)c(Br)c(C)c2)n1. The Hall–Kier alpha value is -1.29. The van der Waals surface area contributed by atoms with Crippen molar-refractivity contribution in [3.63, 3.8) is 0 Å². The molecular weight excluding hydrogens is 316 g/mol. The summed E-state index contributed by atoms with van der Waals surface area (Å²) in [5.74, 6) is 0.890. The van der Waals surface area contributed by atoms with Crippen LogP contribution in [0.25, 0.3) is 0 Å². The molecule has 0 radical (unpaired) electrons. The smallest absolute Gasteiger partial charge is 0.132 e. The monoisotopic (exact) mass is 336 g/mol. The van der Waals surface area contributed by atoms with E-state index in [9.17, 15) is 0 Å². The minimum absolute atomic E-state index is 0.431. The van der Waals surface area contributed by atoms with Crippen molar-refractivity contribution in [2.24, 2.45) is 0 Å². The molecule has 0 aliphatic carbocycles. The molecule has 108 valence electrons. The number of halogens is 1. The lowest BCUT2D eigenvalue weighted by Gasteiger charge is -2.10. The van der Waals surface area contributed by atoms with Crippen molar-refractivity contribution in [1.29, 1.82) is 0 Å². The van der Waals surface area contributed by atoms with Gasteiger partial charge in [0.1, 0.15) is 12.4 Å². The second-order valence-corrected chi connectivity index (χ2v) is 6.00. The molecule has 0 saturated carbocycles. The maximum absolute atomic E-state index is 5.84. The van der Waals surface area contributed by atoms with E-state index in [4.69, 9.17) is 4.74 Å². The van der Waals surface area contributed by atoms with E-state index in [-0.39, 0.29) is 0 Å². The first-order chi connectivity index (χ1) is 9.51. The van der Waals surface area contributed by atoms with Gasteiger partial charge in [-0.2, -0.15) is 5.10 Å². The number of hydrogen-bond acceptors (Lipinski definition) is 2. The second kappa shape index (κ2) is 6.44. The van der Waals surface area contributed by atoms with Crippen LogP contribution < -0.4 is 4.74 Å². The van der Waals surface area contributed by atoms with E-state index in [1.54, 1.807) is 0 Å². The van der Waals surface area contributed by atoms with Crippen molar-refractivity contribution < 1.29 is 4.74 Å². The summed E-state index contributed by atoms with van der Waals surface area (Å²) < 4.78 is 8.98. The molecule has 3 nitrogen and oxygen atoms in total. The molecule has 4 heteroatoms. The molecule has 2 aromatic rings. The van der Waals surface area contributed by atoms with E-state index in [2.05, 4.69) is 48.7 Å². The van der Waals surface area contributed by atoms with Crippen LogP contribution in [0.2, 0.25) is 0 Å². The van der Waals surface area contributed by atoms with Gasteiger partial charge in [0.15, 0.2) is 0 Å². The first-order valence-electron chi connectivity index (χ1n) is 6.94. The van der Waals surface area contributed by atoms with E-state index >= 15 is 0 Å². The van der Waals surface area contributed by atoms with Gasteiger partial charge in [0.05, 0.1) is 5.69 Å². The molecule has 1 aromatic heterocycles. The first kappa shape index (κ1) is 15.1. The summed E-state index contributed by atoms with van der Waals surface area (Å²) in [4.78, 5) is 0. The van der Waals surface area contributed by atoms with E-state index in [0.29, 0.717) is 12.6 Å². The molecule has 2 rings (SSSR count). The quantitative estimate of drug-likeness (QED) is 0.783. The maximum atomic E-state index is 5.84. The molecule has 0 amide bonds. The van der Waals surface area contributed by atoms with Gasteiger partial charge in [-0.3, -0.25) is 4.68 Å². The Balaban J connectivity index is 2.03. The average Bonchev–Trinajstić information content (AvgIpc) is 2.90. The lowest BCUT2D eigenvalue weighted by atomic mass is 10.1. The third kappa shape index (κ3) is 3.42. The van der Waals surface area contributed by atoms with Crippen molar-refractivity contribution >= 4 is 15.9 Å². The summed E-state index contributed by atoms with van der Waals surface area (Å²) >= 11 is 3.57. The summed E-state index contributed by atoms with van der Waals surface area (Å²) in [7, 11) is 0. The van der Waals surface area contributed by atoms with Gasteiger partial charge in [0, 0.05) is 16.7 Å². The number of benzene rings is 1. The number of ether oxygens (including phenoxy) is 1. The number of hydrogen-bond donors (Lipinski definition) is 0. The average molecular weight is 337 g/mol. The predicted molar refractivity (Wildman–Crippen MR) is 85.2 cm³/mol. The summed E-state index contributed by atoms with van der Waals surface area (Å²) in [6.45, 7) is 8.97. The van der Waals surface area contributed by atoms with Crippen LogP contribution in [0.3, 0.4) is 0 Å². The van der Waals surface area contributed by atoms with Gasteiger partial charge in [-0.05, 0) is 56.5 Å². The van der Waals surface area contributed by atoms with Crippen LogP contribution in [-0.2, 0) is 6.61 Å². The lowest BCUT2D eigenvalue weighted by molar-refractivity contribution is 0.297. The second-order valence-electron chi connectivity index (χ2n) is 5.20. The zero-order valence-corrected chi connectivity index (χ0v) is 14.1. The largest absolute Gasteiger partial charge is 0.487 e. The summed E-state index contributed by atoms with van der Waals surface area (Å²) in [6, 6.07) is 6.54. The Labute approximate surface area is 129 Å². The van der Waals surface area contributed by atoms with Gasteiger partial charge in [0.2, 0.25) is 0 Å². The normalized spacial score (nSPS) is 12.4. The Morgan fingerprint density at radius 1 is 1.30 bits per heavy atom. The molecule has 1 atom stereocenters. The van der Waals surface area contributed by atoms with Crippen LogP contribution in [0.5, 0.6) is 5.75 Å². The molecule has 0 fully saturated rings. The van der Waals surface area contributed by atoms with Crippen LogP contribution in [0.15, 0.2) is 28.9 Å². The van der Waals surface area contributed by atoms with Gasteiger partial charge in [-0.15, -0.1) is 0 Å². The van der Waals surface area contributed by atoms with Crippen molar-refractivity contribution in [1.82, 2.24) is 9.78 Å². The predicted octanol–water partition coefficient (Wildman–Crippen LogP) is 4.81.